The Morgan fingerprint density at radius 3 is 1.43 bits per heavy atom. The van der Waals surface area contributed by atoms with E-state index in [9.17, 15) is 36.9 Å². The van der Waals surface area contributed by atoms with Crippen LogP contribution in [0.3, 0.4) is 0 Å². The van der Waals surface area contributed by atoms with E-state index in [1.165, 1.54) is 19.1 Å². The Labute approximate surface area is 260 Å². The largest absolute Gasteiger partial charge is 0.523 e. The molecule has 2 aliphatic rings. The molecule has 0 bridgehead atoms. The van der Waals surface area contributed by atoms with Crippen molar-refractivity contribution in [1.82, 2.24) is 0 Å². The maximum atomic E-state index is 15.0. The average Bonchev–Trinajstić information content (AvgIpc) is 3.55. The van der Waals surface area contributed by atoms with Gasteiger partial charge in [-0.25, -0.2) is 0 Å². The van der Waals surface area contributed by atoms with Gasteiger partial charge in [0.15, 0.2) is 0 Å². The average molecular weight is 651 g/mol. The Bertz CT molecular complexity index is 2190. The number of nitrogens with zero attached hydrogens (tertiary/aromatic N) is 4. The standard InChI is InChI=1S/C34H15F9N4/c1-16-22(31(46-2)47-3)12-24-26(16)27(17-4-8-20(9-5-17)32(35,36)37)25-13-23(19(14-44)15-45)30(34(41,42)43)29(25)28(24)18-6-10-21(11-7-18)33(38,39)40/h4-11H,12-13H2,1H3. The molecule has 0 N–H and O–H groups in total. The predicted octanol–water partition coefficient (Wildman–Crippen LogP) is 8.45. The lowest BCUT2D eigenvalue weighted by Crippen LogP contribution is -2.27. The van der Waals surface area contributed by atoms with Crippen LogP contribution >= 0.6 is 0 Å². The number of hydrogen-bond acceptors (Lipinski definition) is 2. The van der Waals surface area contributed by atoms with Gasteiger partial charge in [0.2, 0.25) is 0 Å². The number of halogens is 9. The lowest BCUT2D eigenvalue weighted by molar-refractivity contribution is -0.138. The second-order valence-corrected chi connectivity index (χ2v) is 10.6. The van der Waals surface area contributed by atoms with Gasteiger partial charge < -0.3 is 0 Å². The number of benzene rings is 3. The van der Waals surface area contributed by atoms with Gasteiger partial charge in [-0.1, -0.05) is 24.3 Å². The molecule has 3 aromatic rings. The Morgan fingerprint density at radius 1 is 0.638 bits per heavy atom. The minimum atomic E-state index is -5.21. The first-order chi connectivity index (χ1) is 22.0. The van der Waals surface area contributed by atoms with Gasteiger partial charge in [-0.2, -0.15) is 59.7 Å². The molecule has 0 heterocycles. The molecule has 47 heavy (non-hydrogen) atoms. The molecule has 4 nitrogen and oxygen atoms in total. The van der Waals surface area contributed by atoms with E-state index in [0.717, 1.165) is 36.4 Å². The molecule has 5 rings (SSSR count). The normalized spacial score (nSPS) is 14.2. The van der Waals surface area contributed by atoms with Crippen LogP contribution in [-0.4, -0.2) is 6.18 Å². The number of allylic oxidation sites excluding steroid dienone is 3. The smallest absolute Gasteiger partial charge is 0.192 e. The van der Waals surface area contributed by atoms with E-state index in [4.69, 9.17) is 13.1 Å². The zero-order valence-corrected chi connectivity index (χ0v) is 23.7. The van der Waals surface area contributed by atoms with Gasteiger partial charge in [0, 0.05) is 6.42 Å². The second kappa shape index (κ2) is 11.2. The molecule has 3 aromatic carbocycles. The van der Waals surface area contributed by atoms with Crippen LogP contribution in [0.5, 0.6) is 0 Å². The molecule has 0 atom stereocenters. The summed E-state index contributed by atoms with van der Waals surface area (Å²) < 4.78 is 126. The lowest BCUT2D eigenvalue weighted by atomic mass is 9.86. The van der Waals surface area contributed by atoms with Crippen LogP contribution in [-0.2, 0) is 25.2 Å². The van der Waals surface area contributed by atoms with Crippen LogP contribution in [0.25, 0.3) is 43.1 Å². The highest BCUT2D eigenvalue weighted by Gasteiger charge is 2.44. The highest BCUT2D eigenvalue weighted by Crippen LogP contribution is 2.44. The Kier molecular flexibility index (Phi) is 7.79. The van der Waals surface area contributed by atoms with Gasteiger partial charge in [0.1, 0.15) is 30.9 Å². The lowest BCUT2D eigenvalue weighted by Gasteiger charge is -2.18. The summed E-state index contributed by atoms with van der Waals surface area (Å²) in [5.41, 5.74) is -4.94. The van der Waals surface area contributed by atoms with Crippen molar-refractivity contribution in [3.8, 4) is 34.4 Å². The van der Waals surface area contributed by atoms with Gasteiger partial charge in [-0.05, 0) is 92.6 Å². The second-order valence-electron chi connectivity index (χ2n) is 10.6. The SMILES string of the molecule is [C-]#[N+]C([N+]#[C-])=C1Cc2c(-c3ccc(C(F)(F)F)cc3)c3c(c(-c4ccc(C(F)(F)F)cc4)c2=C1C)CC(=C(C#N)C#N)C=3C(F)(F)F. The molecular formula is C34H15F9N4. The van der Waals surface area contributed by atoms with Crippen molar-refractivity contribution in [2.45, 2.75) is 38.3 Å². The zero-order valence-electron chi connectivity index (χ0n) is 23.7. The third kappa shape index (κ3) is 5.41. The van der Waals surface area contributed by atoms with Crippen molar-refractivity contribution in [2.24, 2.45) is 0 Å². The van der Waals surface area contributed by atoms with Crippen LogP contribution in [0.4, 0.5) is 39.5 Å². The van der Waals surface area contributed by atoms with Gasteiger partial charge in [-0.3, -0.25) is 0 Å². The van der Waals surface area contributed by atoms with Crippen LogP contribution in [0, 0.1) is 35.8 Å². The van der Waals surface area contributed by atoms with Crippen LogP contribution in [0.1, 0.15) is 29.2 Å². The van der Waals surface area contributed by atoms with E-state index in [0.29, 0.717) is 12.1 Å². The molecule has 0 fully saturated rings. The Morgan fingerprint density at radius 2 is 1.04 bits per heavy atom. The van der Waals surface area contributed by atoms with E-state index in [2.05, 4.69) is 9.69 Å². The number of fused-ring (bicyclic) bond motifs is 2. The third-order valence-corrected chi connectivity index (χ3v) is 8.09. The fourth-order valence-electron chi connectivity index (χ4n) is 6.15. The summed E-state index contributed by atoms with van der Waals surface area (Å²) >= 11 is 0. The topological polar surface area (TPSA) is 56.3 Å². The summed E-state index contributed by atoms with van der Waals surface area (Å²) in [6.45, 7) is 16.5. The zero-order chi connectivity index (χ0) is 34.6. The highest BCUT2D eigenvalue weighted by atomic mass is 19.4. The van der Waals surface area contributed by atoms with Crippen LogP contribution in [0.2, 0.25) is 0 Å². The minimum absolute atomic E-state index is 0.0215. The quantitative estimate of drug-likeness (QED) is 0.159. The molecule has 13 heteroatoms. The van der Waals surface area contributed by atoms with Gasteiger partial charge >= 0.3 is 24.3 Å². The molecule has 2 aliphatic carbocycles. The van der Waals surface area contributed by atoms with E-state index in [1.54, 1.807) is 0 Å². The summed E-state index contributed by atoms with van der Waals surface area (Å²) in [7, 11) is 0. The van der Waals surface area contributed by atoms with Crippen LogP contribution in [0.15, 0.2) is 71.1 Å². The molecule has 0 saturated carbocycles. The summed E-state index contributed by atoms with van der Waals surface area (Å²) in [5, 5.41) is 18.8. The number of rotatable bonds is 2. The van der Waals surface area contributed by atoms with Crippen molar-refractivity contribution in [3.05, 3.63) is 127 Å². The van der Waals surface area contributed by atoms with Crippen molar-refractivity contribution < 1.29 is 39.5 Å². The molecule has 0 aliphatic heterocycles. The molecule has 0 saturated heterocycles. The van der Waals surface area contributed by atoms with Crippen molar-refractivity contribution >= 4 is 11.1 Å². The summed E-state index contributed by atoms with van der Waals surface area (Å²) in [4.78, 5) is 6.47. The first-order valence-corrected chi connectivity index (χ1v) is 13.3. The summed E-state index contributed by atoms with van der Waals surface area (Å²) in [5.74, 6) is -0.410. The minimum Gasteiger partial charge on any atom is -0.192 e. The van der Waals surface area contributed by atoms with Crippen LogP contribution < -0.4 is 10.4 Å². The maximum Gasteiger partial charge on any atom is 0.523 e. The third-order valence-electron chi connectivity index (χ3n) is 8.09. The van der Waals surface area contributed by atoms with E-state index in [1.807, 2.05) is 0 Å². The van der Waals surface area contributed by atoms with Gasteiger partial charge in [-0.15, -0.1) is 0 Å². The molecule has 0 spiro atoms. The monoisotopic (exact) mass is 650 g/mol. The Balaban J connectivity index is 2.09. The number of nitriles is 2. The van der Waals surface area contributed by atoms with Crippen molar-refractivity contribution in [3.63, 3.8) is 0 Å². The Hall–Kier alpha value is -5.79. The molecule has 0 aromatic heterocycles. The van der Waals surface area contributed by atoms with E-state index < -0.39 is 63.8 Å². The summed E-state index contributed by atoms with van der Waals surface area (Å²) in [6.07, 6.45) is -15.7. The first kappa shape index (κ1) is 32.6. The molecule has 0 radical (unpaired) electrons. The summed E-state index contributed by atoms with van der Waals surface area (Å²) in [6, 6.07) is 9.83. The highest BCUT2D eigenvalue weighted by molar-refractivity contribution is 5.93. The number of alkyl halides is 9. The fraction of sp³-hybridized carbons (Fsp3) is 0.176. The molecule has 0 amide bonds. The maximum absolute atomic E-state index is 15.0. The van der Waals surface area contributed by atoms with Gasteiger partial charge in [0.25, 0.3) is 0 Å². The molecule has 0 unspecified atom stereocenters. The molecular weight excluding hydrogens is 635 g/mol. The van der Waals surface area contributed by atoms with E-state index in [-0.39, 0.29) is 56.2 Å². The number of hydrogen-bond donors (Lipinski definition) is 0. The fourth-order valence-corrected chi connectivity index (χ4v) is 6.15. The van der Waals surface area contributed by atoms with Crippen molar-refractivity contribution in [1.29, 1.82) is 10.5 Å². The molecule has 234 valence electrons. The van der Waals surface area contributed by atoms with Gasteiger partial charge in [0.05, 0.1) is 22.3 Å². The first-order valence-electron chi connectivity index (χ1n) is 13.3. The van der Waals surface area contributed by atoms with Crippen molar-refractivity contribution in [2.75, 3.05) is 0 Å². The predicted molar refractivity (Wildman–Crippen MR) is 151 cm³/mol. The van der Waals surface area contributed by atoms with E-state index >= 15 is 13.2 Å².